The number of nitrogens with zero attached hydrogens (tertiary/aromatic N) is 1. The second kappa shape index (κ2) is 9.93. The summed E-state index contributed by atoms with van der Waals surface area (Å²) in [7, 11) is 1.62. The number of carbonyl (C=O) groups excluding carboxylic acids is 2. The van der Waals surface area contributed by atoms with E-state index in [9.17, 15) is 9.59 Å². The summed E-state index contributed by atoms with van der Waals surface area (Å²) in [5, 5.41) is 8.30. The molecule has 0 saturated heterocycles. The van der Waals surface area contributed by atoms with Crippen LogP contribution >= 0.6 is 11.3 Å². The summed E-state index contributed by atoms with van der Waals surface area (Å²) in [6.07, 6.45) is 1.66. The van der Waals surface area contributed by atoms with Crippen molar-refractivity contribution < 1.29 is 18.7 Å². The Morgan fingerprint density at radius 3 is 2.62 bits per heavy atom. The van der Waals surface area contributed by atoms with Crippen molar-refractivity contribution in [2.45, 2.75) is 13.0 Å². The summed E-state index contributed by atoms with van der Waals surface area (Å²) in [6.45, 7) is 0.265. The molecule has 0 aliphatic heterocycles. The first-order valence-electron chi connectivity index (χ1n) is 9.90. The predicted octanol–water partition coefficient (Wildman–Crippen LogP) is 4.52. The van der Waals surface area contributed by atoms with E-state index in [0.717, 1.165) is 16.3 Å². The number of carbonyl (C=O) groups is 2. The maximum atomic E-state index is 12.6. The van der Waals surface area contributed by atoms with Crippen LogP contribution < -0.4 is 15.4 Å². The van der Waals surface area contributed by atoms with Crippen molar-refractivity contribution in [1.82, 2.24) is 10.3 Å². The Labute approximate surface area is 189 Å². The third-order valence-electron chi connectivity index (χ3n) is 4.68. The van der Waals surface area contributed by atoms with Gasteiger partial charge < -0.3 is 19.8 Å². The van der Waals surface area contributed by atoms with Gasteiger partial charge in [0, 0.05) is 10.9 Å². The highest BCUT2D eigenvalue weighted by molar-refractivity contribution is 7.13. The number of para-hydroxylation sites is 1. The number of aromatic nitrogens is 1. The Kier molecular flexibility index (Phi) is 6.62. The monoisotopic (exact) mass is 447 g/mol. The fourth-order valence-corrected chi connectivity index (χ4v) is 3.90. The van der Waals surface area contributed by atoms with Gasteiger partial charge in [-0.3, -0.25) is 9.59 Å². The smallest absolute Gasteiger partial charge is 0.253 e. The van der Waals surface area contributed by atoms with Crippen molar-refractivity contribution in [3.63, 3.8) is 0 Å². The molecular weight excluding hydrogens is 426 g/mol. The van der Waals surface area contributed by atoms with Crippen LogP contribution in [0.4, 0.5) is 5.69 Å². The van der Waals surface area contributed by atoms with Gasteiger partial charge in [-0.25, -0.2) is 4.98 Å². The number of anilines is 1. The molecule has 0 aliphatic rings. The van der Waals surface area contributed by atoms with E-state index in [1.165, 1.54) is 11.3 Å². The van der Waals surface area contributed by atoms with E-state index in [4.69, 9.17) is 9.15 Å². The van der Waals surface area contributed by atoms with Crippen LogP contribution in [0.25, 0.3) is 10.6 Å². The summed E-state index contributed by atoms with van der Waals surface area (Å²) in [5.41, 5.74) is 2.45. The molecule has 0 unspecified atom stereocenters. The lowest BCUT2D eigenvalue weighted by molar-refractivity contribution is -0.115. The fourth-order valence-electron chi connectivity index (χ4n) is 3.08. The minimum atomic E-state index is -0.298. The molecule has 0 radical (unpaired) electrons. The van der Waals surface area contributed by atoms with Gasteiger partial charge in [-0.15, -0.1) is 11.3 Å². The lowest BCUT2D eigenvalue weighted by Crippen LogP contribution is -2.25. The molecule has 2 N–H and O–H groups in total. The molecular formula is C24H21N3O4S. The number of ether oxygens (including phenoxy) is 1. The van der Waals surface area contributed by atoms with Gasteiger partial charge in [0.25, 0.3) is 5.91 Å². The Hall–Kier alpha value is -3.91. The summed E-state index contributed by atoms with van der Waals surface area (Å²) in [6, 6.07) is 18.0. The summed E-state index contributed by atoms with van der Waals surface area (Å²) in [5.74, 6) is 0.878. The van der Waals surface area contributed by atoms with E-state index < -0.39 is 0 Å². The predicted molar refractivity (Wildman–Crippen MR) is 123 cm³/mol. The SMILES string of the molecule is COc1ccc(-c2nc(CC(=O)Nc3ccccc3C(=O)NCc3ccco3)cs2)cc1. The molecule has 0 aliphatic carbocycles. The molecule has 2 heterocycles. The lowest BCUT2D eigenvalue weighted by Gasteiger charge is -2.10. The number of hydrogen-bond donors (Lipinski definition) is 2. The molecule has 0 saturated carbocycles. The molecule has 0 spiro atoms. The first-order valence-corrected chi connectivity index (χ1v) is 10.8. The van der Waals surface area contributed by atoms with E-state index >= 15 is 0 Å². The van der Waals surface area contributed by atoms with Crippen LogP contribution in [0.15, 0.2) is 76.7 Å². The third kappa shape index (κ3) is 5.22. The normalized spacial score (nSPS) is 10.5. The van der Waals surface area contributed by atoms with E-state index in [0.29, 0.717) is 22.7 Å². The first-order chi connectivity index (χ1) is 15.6. The second-order valence-electron chi connectivity index (χ2n) is 6.91. The summed E-state index contributed by atoms with van der Waals surface area (Å²) >= 11 is 1.47. The van der Waals surface area contributed by atoms with Crippen molar-refractivity contribution in [3.05, 3.63) is 89.3 Å². The molecule has 2 aromatic carbocycles. The van der Waals surface area contributed by atoms with Gasteiger partial charge in [0.05, 0.1) is 43.3 Å². The largest absolute Gasteiger partial charge is 0.497 e. The highest BCUT2D eigenvalue weighted by Gasteiger charge is 2.15. The molecule has 7 nitrogen and oxygen atoms in total. The topological polar surface area (TPSA) is 93.5 Å². The highest BCUT2D eigenvalue weighted by atomic mass is 32.1. The molecule has 162 valence electrons. The quantitative estimate of drug-likeness (QED) is 0.414. The Morgan fingerprint density at radius 2 is 1.88 bits per heavy atom. The minimum Gasteiger partial charge on any atom is -0.497 e. The Morgan fingerprint density at radius 1 is 1.06 bits per heavy atom. The number of furan rings is 1. The van der Waals surface area contributed by atoms with Crippen molar-refractivity contribution in [3.8, 4) is 16.3 Å². The molecule has 8 heteroatoms. The number of rotatable bonds is 8. The number of thiazole rings is 1. The van der Waals surface area contributed by atoms with Gasteiger partial charge in [-0.1, -0.05) is 12.1 Å². The number of amides is 2. The van der Waals surface area contributed by atoms with Crippen molar-refractivity contribution in [2.75, 3.05) is 12.4 Å². The first kappa shape index (κ1) is 21.3. The molecule has 2 aromatic heterocycles. The van der Waals surface area contributed by atoms with Gasteiger partial charge >= 0.3 is 0 Å². The Bertz CT molecular complexity index is 1200. The van der Waals surface area contributed by atoms with Crippen LogP contribution in [-0.4, -0.2) is 23.9 Å². The summed E-state index contributed by atoms with van der Waals surface area (Å²) in [4.78, 5) is 29.8. The standard InChI is InChI=1S/C24H21N3O4S/c1-30-18-10-8-16(9-11-18)24-26-17(15-32-24)13-22(28)27-21-7-3-2-6-20(21)23(29)25-14-19-5-4-12-31-19/h2-12,15H,13-14H2,1H3,(H,25,29)(H,27,28). The molecule has 0 atom stereocenters. The van der Waals surface area contributed by atoms with Crippen molar-refractivity contribution in [2.24, 2.45) is 0 Å². The minimum absolute atomic E-state index is 0.106. The van der Waals surface area contributed by atoms with Gasteiger partial charge in [-0.2, -0.15) is 0 Å². The van der Waals surface area contributed by atoms with Crippen LogP contribution in [0.1, 0.15) is 21.8 Å². The zero-order valence-corrected chi connectivity index (χ0v) is 18.1. The van der Waals surface area contributed by atoms with Gasteiger partial charge in [0.1, 0.15) is 16.5 Å². The van der Waals surface area contributed by atoms with E-state index in [2.05, 4.69) is 15.6 Å². The average Bonchev–Trinajstić information content (AvgIpc) is 3.50. The third-order valence-corrected chi connectivity index (χ3v) is 5.62. The molecule has 0 bridgehead atoms. The zero-order chi connectivity index (χ0) is 22.3. The molecule has 4 aromatic rings. The van der Waals surface area contributed by atoms with Crippen molar-refractivity contribution in [1.29, 1.82) is 0 Å². The van der Waals surface area contributed by atoms with E-state index in [-0.39, 0.29) is 24.8 Å². The van der Waals surface area contributed by atoms with Crippen LogP contribution in [0.2, 0.25) is 0 Å². The number of nitrogens with one attached hydrogen (secondary N) is 2. The fraction of sp³-hybridized carbons (Fsp3) is 0.125. The number of methoxy groups -OCH3 is 1. The van der Waals surface area contributed by atoms with Gasteiger partial charge in [0.2, 0.25) is 5.91 Å². The molecule has 4 rings (SSSR count). The van der Waals surface area contributed by atoms with Gasteiger partial charge in [-0.05, 0) is 48.5 Å². The number of hydrogen-bond acceptors (Lipinski definition) is 6. The second-order valence-corrected chi connectivity index (χ2v) is 7.76. The molecule has 2 amide bonds. The number of benzene rings is 2. The van der Waals surface area contributed by atoms with E-state index in [1.807, 2.05) is 29.6 Å². The molecule has 32 heavy (non-hydrogen) atoms. The highest BCUT2D eigenvalue weighted by Crippen LogP contribution is 2.26. The van der Waals surface area contributed by atoms with Crippen LogP contribution in [0, 0.1) is 0 Å². The maximum absolute atomic E-state index is 12.6. The Balaban J connectivity index is 1.39. The van der Waals surface area contributed by atoms with Gasteiger partial charge in [0.15, 0.2) is 0 Å². The zero-order valence-electron chi connectivity index (χ0n) is 17.3. The average molecular weight is 448 g/mol. The van der Waals surface area contributed by atoms with E-state index in [1.54, 1.807) is 49.8 Å². The van der Waals surface area contributed by atoms with Crippen LogP contribution in [-0.2, 0) is 17.8 Å². The maximum Gasteiger partial charge on any atom is 0.253 e. The van der Waals surface area contributed by atoms with Crippen LogP contribution in [0.5, 0.6) is 5.75 Å². The lowest BCUT2D eigenvalue weighted by atomic mass is 10.1. The summed E-state index contributed by atoms with van der Waals surface area (Å²) < 4.78 is 10.4. The van der Waals surface area contributed by atoms with Crippen molar-refractivity contribution >= 4 is 28.8 Å². The van der Waals surface area contributed by atoms with Crippen LogP contribution in [0.3, 0.4) is 0 Å². The molecule has 0 fully saturated rings.